The normalized spacial score (nSPS) is 12.8. The van der Waals surface area contributed by atoms with Gasteiger partial charge in [-0.2, -0.15) is 0 Å². The Hall–Kier alpha value is -3.61. The quantitative estimate of drug-likeness (QED) is 0.276. The Labute approximate surface area is 225 Å². The molecule has 3 aromatic carbocycles. The van der Waals surface area contributed by atoms with Crippen LogP contribution in [0, 0.1) is 12.8 Å². The predicted octanol–water partition coefficient (Wildman–Crippen LogP) is 6.65. The summed E-state index contributed by atoms with van der Waals surface area (Å²) in [5, 5.41) is 4.13. The fraction of sp³-hybridized carbons (Fsp3) is 0.207. The standard InChI is InChI=1S/C29H26Cl2N4O2/c1-19-3-2-4-25(15-19)35-17-26(21-7-11-23(30)12-8-21)32-29(35)33-27(36)18-34(16-20-5-6-20)28(37)22-9-13-24(31)14-10-22/h2-4,7-15,17,20H,5-6,16,18H2,1H3,(H,32,33,36). The van der Waals surface area contributed by atoms with E-state index in [9.17, 15) is 9.59 Å². The third-order valence-corrected chi connectivity index (χ3v) is 6.77. The summed E-state index contributed by atoms with van der Waals surface area (Å²) in [6.07, 6.45) is 4.01. The van der Waals surface area contributed by atoms with Gasteiger partial charge in [-0.15, -0.1) is 0 Å². The molecule has 2 amide bonds. The Morgan fingerprint density at radius 1 is 1.00 bits per heavy atom. The Morgan fingerprint density at radius 3 is 2.32 bits per heavy atom. The first kappa shape index (κ1) is 25.1. The van der Waals surface area contributed by atoms with Crippen molar-refractivity contribution in [2.75, 3.05) is 18.4 Å². The summed E-state index contributed by atoms with van der Waals surface area (Å²) in [5.41, 5.74) is 4.03. The number of amides is 2. The molecule has 1 saturated carbocycles. The van der Waals surface area contributed by atoms with E-state index in [1.54, 1.807) is 41.3 Å². The molecular formula is C29H26Cl2N4O2. The van der Waals surface area contributed by atoms with E-state index in [0.717, 1.165) is 29.7 Å². The smallest absolute Gasteiger partial charge is 0.254 e. The van der Waals surface area contributed by atoms with Crippen LogP contribution in [0.1, 0.15) is 28.8 Å². The predicted molar refractivity (Wildman–Crippen MR) is 147 cm³/mol. The van der Waals surface area contributed by atoms with E-state index >= 15 is 0 Å². The maximum absolute atomic E-state index is 13.3. The molecule has 0 spiro atoms. The SMILES string of the molecule is Cc1cccc(-n2cc(-c3ccc(Cl)cc3)nc2NC(=O)CN(CC2CC2)C(=O)c2ccc(Cl)cc2)c1. The highest BCUT2D eigenvalue weighted by Gasteiger charge is 2.29. The molecule has 188 valence electrons. The number of hydrogen-bond acceptors (Lipinski definition) is 3. The zero-order chi connectivity index (χ0) is 25.9. The topological polar surface area (TPSA) is 67.2 Å². The molecule has 1 aromatic heterocycles. The number of halogens is 2. The van der Waals surface area contributed by atoms with Crippen LogP contribution in [0.25, 0.3) is 16.9 Å². The van der Waals surface area contributed by atoms with Crippen LogP contribution in [0.3, 0.4) is 0 Å². The van der Waals surface area contributed by atoms with Crippen molar-refractivity contribution in [2.45, 2.75) is 19.8 Å². The average molecular weight is 533 g/mol. The Kier molecular flexibility index (Phi) is 7.31. The van der Waals surface area contributed by atoms with Gasteiger partial charge < -0.3 is 4.90 Å². The van der Waals surface area contributed by atoms with Crippen molar-refractivity contribution >= 4 is 41.0 Å². The van der Waals surface area contributed by atoms with Crippen molar-refractivity contribution in [2.24, 2.45) is 5.92 Å². The van der Waals surface area contributed by atoms with Crippen LogP contribution in [0.5, 0.6) is 0 Å². The highest BCUT2D eigenvalue weighted by atomic mass is 35.5. The van der Waals surface area contributed by atoms with Gasteiger partial charge in [0, 0.05) is 39.6 Å². The molecule has 4 aromatic rings. The van der Waals surface area contributed by atoms with E-state index in [0.29, 0.717) is 39.7 Å². The van der Waals surface area contributed by atoms with Gasteiger partial charge in [0.25, 0.3) is 5.91 Å². The van der Waals surface area contributed by atoms with Gasteiger partial charge in [0.2, 0.25) is 11.9 Å². The molecular weight excluding hydrogens is 507 g/mol. The Bertz CT molecular complexity index is 1430. The van der Waals surface area contributed by atoms with E-state index < -0.39 is 0 Å². The van der Waals surface area contributed by atoms with Gasteiger partial charge in [0.1, 0.15) is 6.54 Å². The number of aryl methyl sites for hydroxylation is 1. The van der Waals surface area contributed by atoms with E-state index in [-0.39, 0.29) is 18.4 Å². The number of benzene rings is 3. The minimum absolute atomic E-state index is 0.0745. The largest absolute Gasteiger partial charge is 0.329 e. The number of aromatic nitrogens is 2. The molecule has 37 heavy (non-hydrogen) atoms. The number of rotatable bonds is 8. The Morgan fingerprint density at radius 2 is 1.68 bits per heavy atom. The van der Waals surface area contributed by atoms with E-state index in [2.05, 4.69) is 5.32 Å². The summed E-state index contributed by atoms with van der Waals surface area (Å²) in [6.45, 7) is 2.48. The van der Waals surface area contributed by atoms with Crippen LogP contribution in [-0.2, 0) is 4.79 Å². The molecule has 1 N–H and O–H groups in total. The first-order chi connectivity index (χ1) is 17.9. The summed E-state index contributed by atoms with van der Waals surface area (Å²) < 4.78 is 1.85. The molecule has 5 rings (SSSR count). The highest BCUT2D eigenvalue weighted by molar-refractivity contribution is 6.31. The van der Waals surface area contributed by atoms with Crippen molar-refractivity contribution < 1.29 is 9.59 Å². The first-order valence-corrected chi connectivity index (χ1v) is 12.9. The van der Waals surface area contributed by atoms with E-state index in [1.807, 2.05) is 54.1 Å². The van der Waals surface area contributed by atoms with Crippen LogP contribution in [0.2, 0.25) is 10.0 Å². The summed E-state index contributed by atoms with van der Waals surface area (Å²) in [4.78, 5) is 32.8. The molecule has 0 unspecified atom stereocenters. The Balaban J connectivity index is 1.41. The lowest BCUT2D eigenvalue weighted by Gasteiger charge is -2.22. The lowest BCUT2D eigenvalue weighted by molar-refractivity contribution is -0.117. The van der Waals surface area contributed by atoms with Crippen molar-refractivity contribution in [1.82, 2.24) is 14.5 Å². The van der Waals surface area contributed by atoms with Crippen LogP contribution in [0.4, 0.5) is 5.95 Å². The average Bonchev–Trinajstić information content (AvgIpc) is 3.61. The van der Waals surface area contributed by atoms with Crippen LogP contribution >= 0.6 is 23.2 Å². The van der Waals surface area contributed by atoms with Gasteiger partial charge in [-0.05, 0) is 79.8 Å². The van der Waals surface area contributed by atoms with Gasteiger partial charge in [-0.25, -0.2) is 4.98 Å². The molecule has 1 aliphatic rings. The third kappa shape index (κ3) is 6.21. The minimum Gasteiger partial charge on any atom is -0.329 e. The van der Waals surface area contributed by atoms with Gasteiger partial charge in [0.15, 0.2) is 0 Å². The van der Waals surface area contributed by atoms with Gasteiger partial charge in [-0.3, -0.25) is 19.5 Å². The van der Waals surface area contributed by atoms with Crippen molar-refractivity contribution in [3.8, 4) is 16.9 Å². The van der Waals surface area contributed by atoms with E-state index in [4.69, 9.17) is 28.2 Å². The van der Waals surface area contributed by atoms with Gasteiger partial charge >= 0.3 is 0 Å². The van der Waals surface area contributed by atoms with Crippen molar-refractivity contribution in [3.63, 3.8) is 0 Å². The molecule has 8 heteroatoms. The number of anilines is 1. The fourth-order valence-corrected chi connectivity index (χ4v) is 4.40. The zero-order valence-electron chi connectivity index (χ0n) is 20.3. The second-order valence-electron chi connectivity index (χ2n) is 9.35. The third-order valence-electron chi connectivity index (χ3n) is 6.27. The zero-order valence-corrected chi connectivity index (χ0v) is 21.8. The number of carbonyl (C=O) groups excluding carboxylic acids is 2. The molecule has 0 radical (unpaired) electrons. The molecule has 0 aliphatic heterocycles. The summed E-state index contributed by atoms with van der Waals surface area (Å²) in [6, 6.07) is 22.1. The van der Waals surface area contributed by atoms with E-state index in [1.165, 1.54) is 0 Å². The summed E-state index contributed by atoms with van der Waals surface area (Å²) >= 11 is 12.1. The second kappa shape index (κ2) is 10.8. The van der Waals surface area contributed by atoms with Crippen LogP contribution in [-0.4, -0.2) is 39.4 Å². The summed E-state index contributed by atoms with van der Waals surface area (Å²) in [5.74, 6) is 0.299. The molecule has 1 fully saturated rings. The maximum atomic E-state index is 13.3. The second-order valence-corrected chi connectivity index (χ2v) is 10.2. The molecule has 0 saturated heterocycles. The van der Waals surface area contributed by atoms with Gasteiger partial charge in [-0.1, -0.05) is 47.5 Å². The van der Waals surface area contributed by atoms with Crippen LogP contribution in [0.15, 0.2) is 79.0 Å². The molecule has 6 nitrogen and oxygen atoms in total. The number of imidazole rings is 1. The fourth-order valence-electron chi connectivity index (χ4n) is 4.15. The number of carbonyl (C=O) groups is 2. The van der Waals surface area contributed by atoms with Gasteiger partial charge in [0.05, 0.1) is 5.69 Å². The minimum atomic E-state index is -0.315. The number of nitrogens with zero attached hydrogens (tertiary/aromatic N) is 3. The highest BCUT2D eigenvalue weighted by Crippen LogP contribution is 2.30. The number of nitrogens with one attached hydrogen (secondary N) is 1. The monoisotopic (exact) mass is 532 g/mol. The lowest BCUT2D eigenvalue weighted by Crippen LogP contribution is -2.39. The molecule has 1 aliphatic carbocycles. The van der Waals surface area contributed by atoms with Crippen LogP contribution < -0.4 is 5.32 Å². The summed E-state index contributed by atoms with van der Waals surface area (Å²) in [7, 11) is 0. The molecule has 0 atom stereocenters. The van der Waals surface area contributed by atoms with Crippen molar-refractivity contribution in [3.05, 3.63) is 100 Å². The maximum Gasteiger partial charge on any atom is 0.254 e. The lowest BCUT2D eigenvalue weighted by atomic mass is 10.2. The number of hydrogen-bond donors (Lipinski definition) is 1. The first-order valence-electron chi connectivity index (χ1n) is 12.1. The molecule has 0 bridgehead atoms. The van der Waals surface area contributed by atoms with Crippen molar-refractivity contribution in [1.29, 1.82) is 0 Å². The molecule has 1 heterocycles.